The Balaban J connectivity index is 2.05. The van der Waals surface area contributed by atoms with Crippen molar-refractivity contribution in [1.82, 2.24) is 4.98 Å². The van der Waals surface area contributed by atoms with Crippen molar-refractivity contribution in [3.8, 4) is 5.19 Å². The third-order valence-corrected chi connectivity index (χ3v) is 3.41. The van der Waals surface area contributed by atoms with Gasteiger partial charge < -0.3 is 14.6 Å². The number of aliphatic hydroxyl groups is 1. The molecule has 0 spiro atoms. The summed E-state index contributed by atoms with van der Waals surface area (Å²) in [5.41, 5.74) is 0. The van der Waals surface area contributed by atoms with Crippen LogP contribution in [0.1, 0.15) is 17.4 Å². The Hall–Kier alpha value is -0.650. The fraction of sp³-hybridized carbons (Fsp3) is 0.667. The topological polar surface area (TPSA) is 51.6 Å². The molecule has 1 aromatic heterocycles. The molecule has 1 aliphatic rings. The minimum atomic E-state index is -0.459. The second-order valence-corrected chi connectivity index (χ2v) is 4.33. The lowest BCUT2D eigenvalue weighted by Gasteiger charge is -2.13. The molecule has 2 heterocycles. The minimum Gasteiger partial charge on any atom is -0.473 e. The minimum absolute atomic E-state index is 0.208. The van der Waals surface area contributed by atoms with Crippen molar-refractivity contribution in [2.75, 3.05) is 20.3 Å². The van der Waals surface area contributed by atoms with Crippen LogP contribution in [0.2, 0.25) is 0 Å². The van der Waals surface area contributed by atoms with Crippen LogP contribution >= 0.6 is 11.3 Å². The van der Waals surface area contributed by atoms with Gasteiger partial charge in [-0.15, -0.1) is 0 Å². The van der Waals surface area contributed by atoms with E-state index in [9.17, 15) is 5.11 Å². The average molecular weight is 215 g/mol. The first kappa shape index (κ1) is 9.89. The molecule has 0 aromatic carbocycles. The number of aliphatic hydroxyl groups excluding tert-OH is 1. The summed E-state index contributed by atoms with van der Waals surface area (Å²) in [6.45, 7) is 1.39. The maximum Gasteiger partial charge on any atom is 0.273 e. The molecule has 4 nitrogen and oxygen atoms in total. The number of methoxy groups -OCH3 is 1. The Morgan fingerprint density at radius 1 is 1.79 bits per heavy atom. The second kappa shape index (κ2) is 4.25. The molecule has 1 N–H and O–H groups in total. The zero-order valence-electron chi connectivity index (χ0n) is 7.97. The highest BCUT2D eigenvalue weighted by Crippen LogP contribution is 2.33. The Bertz CT molecular complexity index is 296. The first-order chi connectivity index (χ1) is 6.81. The lowest BCUT2D eigenvalue weighted by atomic mass is 10.0. The van der Waals surface area contributed by atoms with Crippen molar-refractivity contribution in [3.63, 3.8) is 0 Å². The van der Waals surface area contributed by atoms with E-state index in [0.717, 1.165) is 17.9 Å². The van der Waals surface area contributed by atoms with Gasteiger partial charge >= 0.3 is 0 Å². The van der Waals surface area contributed by atoms with Crippen molar-refractivity contribution >= 4 is 11.3 Å². The van der Waals surface area contributed by atoms with E-state index in [4.69, 9.17) is 9.47 Å². The standard InChI is InChI=1S/C9H13NO3S/c1-12-9-10-4-7(14-9)8(11)6-2-3-13-5-6/h4,6,8,11H,2-3,5H2,1H3. The highest BCUT2D eigenvalue weighted by Gasteiger charge is 2.26. The molecule has 1 saturated heterocycles. The smallest absolute Gasteiger partial charge is 0.273 e. The molecule has 1 fully saturated rings. The molecule has 0 amide bonds. The monoisotopic (exact) mass is 215 g/mol. The number of thiazole rings is 1. The predicted octanol–water partition coefficient (Wildman–Crippen LogP) is 1.22. The summed E-state index contributed by atoms with van der Waals surface area (Å²) in [5.74, 6) is 0.208. The van der Waals surface area contributed by atoms with E-state index in [-0.39, 0.29) is 5.92 Å². The van der Waals surface area contributed by atoms with Gasteiger partial charge in [0, 0.05) is 18.7 Å². The molecule has 2 rings (SSSR count). The van der Waals surface area contributed by atoms with Crippen LogP contribution in [0.3, 0.4) is 0 Å². The van der Waals surface area contributed by atoms with E-state index in [1.54, 1.807) is 13.3 Å². The van der Waals surface area contributed by atoms with Gasteiger partial charge in [-0.25, -0.2) is 4.98 Å². The van der Waals surface area contributed by atoms with Crippen LogP contribution in [0.4, 0.5) is 0 Å². The summed E-state index contributed by atoms with van der Waals surface area (Å²) >= 11 is 1.39. The fourth-order valence-electron chi connectivity index (χ4n) is 1.54. The zero-order chi connectivity index (χ0) is 9.97. The molecule has 1 aliphatic heterocycles. The number of hydrogen-bond donors (Lipinski definition) is 1. The summed E-state index contributed by atoms with van der Waals surface area (Å²) in [7, 11) is 1.58. The predicted molar refractivity (Wildman–Crippen MR) is 52.6 cm³/mol. The second-order valence-electron chi connectivity index (χ2n) is 3.30. The third-order valence-electron chi connectivity index (χ3n) is 2.38. The van der Waals surface area contributed by atoms with Gasteiger partial charge in [0.05, 0.1) is 24.7 Å². The van der Waals surface area contributed by atoms with E-state index >= 15 is 0 Å². The van der Waals surface area contributed by atoms with Gasteiger partial charge in [0.25, 0.3) is 5.19 Å². The Morgan fingerprint density at radius 2 is 2.64 bits per heavy atom. The van der Waals surface area contributed by atoms with E-state index in [0.29, 0.717) is 11.8 Å². The van der Waals surface area contributed by atoms with Crippen LogP contribution in [-0.4, -0.2) is 30.4 Å². The van der Waals surface area contributed by atoms with Crippen molar-refractivity contribution in [2.45, 2.75) is 12.5 Å². The molecule has 5 heteroatoms. The molecular formula is C9H13NO3S. The Labute approximate surface area is 86.5 Å². The van der Waals surface area contributed by atoms with Crippen LogP contribution in [0.5, 0.6) is 5.19 Å². The Kier molecular flexibility index (Phi) is 3.00. The van der Waals surface area contributed by atoms with Gasteiger partial charge in [0.2, 0.25) is 0 Å². The lowest BCUT2D eigenvalue weighted by molar-refractivity contribution is 0.0943. The van der Waals surface area contributed by atoms with E-state index < -0.39 is 6.10 Å². The van der Waals surface area contributed by atoms with Gasteiger partial charge in [0.1, 0.15) is 0 Å². The van der Waals surface area contributed by atoms with Crippen LogP contribution in [0.15, 0.2) is 6.20 Å². The highest BCUT2D eigenvalue weighted by atomic mass is 32.1. The van der Waals surface area contributed by atoms with Crippen LogP contribution in [0, 0.1) is 5.92 Å². The van der Waals surface area contributed by atoms with Gasteiger partial charge in [0.15, 0.2) is 0 Å². The van der Waals surface area contributed by atoms with Gasteiger partial charge in [-0.1, -0.05) is 11.3 Å². The Morgan fingerprint density at radius 3 is 3.21 bits per heavy atom. The largest absolute Gasteiger partial charge is 0.473 e. The van der Waals surface area contributed by atoms with E-state index in [1.807, 2.05) is 0 Å². The molecule has 78 valence electrons. The molecular weight excluding hydrogens is 202 g/mol. The molecule has 0 aliphatic carbocycles. The molecule has 0 radical (unpaired) electrons. The molecule has 14 heavy (non-hydrogen) atoms. The third kappa shape index (κ3) is 1.89. The summed E-state index contributed by atoms with van der Waals surface area (Å²) in [6.07, 6.45) is 2.13. The van der Waals surface area contributed by atoms with Crippen LogP contribution < -0.4 is 4.74 Å². The number of rotatable bonds is 3. The zero-order valence-corrected chi connectivity index (χ0v) is 8.79. The number of hydrogen-bond acceptors (Lipinski definition) is 5. The SMILES string of the molecule is COc1ncc(C(O)C2CCOC2)s1. The number of ether oxygens (including phenoxy) is 2. The molecule has 2 atom stereocenters. The van der Waals surface area contributed by atoms with E-state index in [1.165, 1.54) is 11.3 Å². The number of aromatic nitrogens is 1. The van der Waals surface area contributed by atoms with Crippen molar-refractivity contribution in [2.24, 2.45) is 5.92 Å². The summed E-state index contributed by atoms with van der Waals surface area (Å²) in [4.78, 5) is 4.88. The maximum absolute atomic E-state index is 9.96. The van der Waals surface area contributed by atoms with Gasteiger partial charge in [-0.2, -0.15) is 0 Å². The highest BCUT2D eigenvalue weighted by molar-refractivity contribution is 7.13. The first-order valence-electron chi connectivity index (χ1n) is 4.57. The fourth-order valence-corrected chi connectivity index (χ4v) is 2.34. The average Bonchev–Trinajstić information content (AvgIpc) is 2.88. The summed E-state index contributed by atoms with van der Waals surface area (Å²) in [6, 6.07) is 0. The molecule has 1 aromatic rings. The first-order valence-corrected chi connectivity index (χ1v) is 5.38. The molecule has 2 unspecified atom stereocenters. The lowest BCUT2D eigenvalue weighted by Crippen LogP contribution is -2.10. The van der Waals surface area contributed by atoms with Crippen molar-refractivity contribution in [3.05, 3.63) is 11.1 Å². The summed E-state index contributed by atoms with van der Waals surface area (Å²) < 4.78 is 10.2. The molecule has 0 saturated carbocycles. The quantitative estimate of drug-likeness (QED) is 0.823. The van der Waals surface area contributed by atoms with Crippen LogP contribution in [-0.2, 0) is 4.74 Å². The van der Waals surface area contributed by atoms with Gasteiger partial charge in [-0.05, 0) is 6.42 Å². The molecule has 0 bridgehead atoms. The van der Waals surface area contributed by atoms with Crippen molar-refractivity contribution in [1.29, 1.82) is 0 Å². The van der Waals surface area contributed by atoms with Gasteiger partial charge in [-0.3, -0.25) is 0 Å². The summed E-state index contributed by atoms with van der Waals surface area (Å²) in [5, 5.41) is 10.6. The number of nitrogens with zero attached hydrogens (tertiary/aromatic N) is 1. The maximum atomic E-state index is 9.96. The van der Waals surface area contributed by atoms with E-state index in [2.05, 4.69) is 4.98 Å². The van der Waals surface area contributed by atoms with Crippen LogP contribution in [0.25, 0.3) is 0 Å². The normalized spacial score (nSPS) is 23.7. The van der Waals surface area contributed by atoms with Crippen molar-refractivity contribution < 1.29 is 14.6 Å².